The number of esters is 1. The molecule has 0 saturated carbocycles. The van der Waals surface area contributed by atoms with E-state index in [1.165, 1.54) is 31.7 Å². The monoisotopic (exact) mass is 499 g/mol. The molecule has 12 heteroatoms. The minimum Gasteiger partial charge on any atom is -0.478 e. The van der Waals surface area contributed by atoms with Gasteiger partial charge in [0.1, 0.15) is 6.61 Å². The molecule has 3 heterocycles. The fourth-order valence-corrected chi connectivity index (χ4v) is 3.14. The van der Waals surface area contributed by atoms with Crippen LogP contribution < -0.4 is 10.5 Å². The first-order valence-corrected chi connectivity index (χ1v) is 11.3. The lowest BCUT2D eigenvalue weighted by Gasteiger charge is -2.25. The number of amidine groups is 1. The number of hydrogen-bond acceptors (Lipinski definition) is 9. The van der Waals surface area contributed by atoms with Gasteiger partial charge in [-0.1, -0.05) is 11.6 Å². The first kappa shape index (κ1) is 27.9. The van der Waals surface area contributed by atoms with Crippen molar-refractivity contribution in [3.8, 4) is 5.88 Å². The number of pyridine rings is 2. The Labute approximate surface area is 208 Å². The topological polar surface area (TPSA) is 178 Å². The second kappa shape index (κ2) is 15.6. The predicted molar refractivity (Wildman–Crippen MR) is 129 cm³/mol. The van der Waals surface area contributed by atoms with E-state index in [1.807, 2.05) is 0 Å². The van der Waals surface area contributed by atoms with Crippen LogP contribution in [-0.2, 0) is 14.4 Å². The number of piperidine rings is 1. The number of likely N-dealkylation sites (tertiary alicyclic amines) is 1. The minimum atomic E-state index is -1.26. The molecular weight excluding hydrogens is 470 g/mol. The van der Waals surface area contributed by atoms with Crippen LogP contribution in [0.15, 0.2) is 60.2 Å². The number of hydrogen-bond donors (Lipinski definition) is 3. The third kappa shape index (κ3) is 10.7. The Balaban J connectivity index is 0.000000493. The Morgan fingerprint density at radius 1 is 1.06 bits per heavy atom. The second-order valence-electron chi connectivity index (χ2n) is 7.56. The number of nitrogens with two attached hydrogens (primary N) is 1. The highest BCUT2D eigenvalue weighted by Gasteiger charge is 2.15. The Hall–Kier alpha value is -4.32. The highest BCUT2D eigenvalue weighted by atomic mass is 16.6. The highest BCUT2D eigenvalue weighted by Crippen LogP contribution is 2.16. The molecule has 4 N–H and O–H groups in total. The molecule has 1 saturated heterocycles. The van der Waals surface area contributed by atoms with Gasteiger partial charge in [0.25, 0.3) is 0 Å². The lowest BCUT2D eigenvalue weighted by Crippen LogP contribution is -2.31. The zero-order valence-electron chi connectivity index (χ0n) is 19.7. The molecule has 3 rings (SSSR count). The van der Waals surface area contributed by atoms with E-state index in [0.717, 1.165) is 26.1 Å². The van der Waals surface area contributed by atoms with Crippen LogP contribution in [0.25, 0.3) is 0 Å². The molecule has 1 fully saturated rings. The normalized spacial score (nSPS) is 13.9. The lowest BCUT2D eigenvalue weighted by atomic mass is 10.1. The van der Waals surface area contributed by atoms with E-state index in [0.29, 0.717) is 29.9 Å². The van der Waals surface area contributed by atoms with Gasteiger partial charge in [0.15, 0.2) is 5.84 Å². The molecule has 2 aromatic heterocycles. The molecule has 0 bridgehead atoms. The van der Waals surface area contributed by atoms with Crippen molar-refractivity contribution in [2.75, 3.05) is 26.2 Å². The number of carboxylic acids is 2. The highest BCUT2D eigenvalue weighted by molar-refractivity contribution is 6.00. The molecule has 36 heavy (non-hydrogen) atoms. The largest absolute Gasteiger partial charge is 0.478 e. The standard InChI is InChI=1S/C20H25N5O3.C4H4O4/c21-18(24-27-14-6-13-25-11-2-1-3-12-25)17-8-5-10-23-19(17)28-20(26)16-7-4-9-22-15-16;5-3(6)1-2-4(7)8/h4-5,7-10,15H,1-3,6,11-14H2,(H2,21,24);1-2H,(H,5,6)(H,7,8)/b;2-1-. The molecule has 192 valence electrons. The quantitative estimate of drug-likeness (QED) is 0.109. The number of carboxylic acid groups (broad SMARTS) is 2. The Morgan fingerprint density at radius 2 is 1.75 bits per heavy atom. The van der Waals surface area contributed by atoms with E-state index in [2.05, 4.69) is 20.0 Å². The molecule has 0 aromatic carbocycles. The summed E-state index contributed by atoms with van der Waals surface area (Å²) >= 11 is 0. The summed E-state index contributed by atoms with van der Waals surface area (Å²) in [5.41, 5.74) is 6.73. The maximum Gasteiger partial charge on any atom is 0.346 e. The molecule has 1 aliphatic rings. The van der Waals surface area contributed by atoms with Gasteiger partial charge >= 0.3 is 17.9 Å². The van der Waals surface area contributed by atoms with Crippen LogP contribution in [-0.4, -0.2) is 75.1 Å². The molecule has 1 aliphatic heterocycles. The van der Waals surface area contributed by atoms with Gasteiger partial charge in [0.2, 0.25) is 5.88 Å². The minimum absolute atomic E-state index is 0.0783. The number of aromatic nitrogens is 2. The van der Waals surface area contributed by atoms with Crippen LogP contribution in [0.2, 0.25) is 0 Å². The van der Waals surface area contributed by atoms with Gasteiger partial charge in [-0.3, -0.25) is 4.98 Å². The van der Waals surface area contributed by atoms with Crippen LogP contribution in [0, 0.1) is 0 Å². The van der Waals surface area contributed by atoms with E-state index in [9.17, 15) is 14.4 Å². The lowest BCUT2D eigenvalue weighted by molar-refractivity contribution is -0.134. The van der Waals surface area contributed by atoms with Crippen molar-refractivity contribution in [1.29, 1.82) is 0 Å². The fourth-order valence-electron chi connectivity index (χ4n) is 3.14. The fraction of sp³-hybridized carbons (Fsp3) is 0.333. The van der Waals surface area contributed by atoms with Gasteiger partial charge in [-0.2, -0.15) is 0 Å². The van der Waals surface area contributed by atoms with Crippen LogP contribution in [0.5, 0.6) is 5.88 Å². The summed E-state index contributed by atoms with van der Waals surface area (Å²) in [7, 11) is 0. The molecule has 2 aromatic rings. The number of carbonyl (C=O) groups excluding carboxylic acids is 1. The van der Waals surface area contributed by atoms with E-state index >= 15 is 0 Å². The van der Waals surface area contributed by atoms with Crippen LogP contribution in [0.3, 0.4) is 0 Å². The molecule has 12 nitrogen and oxygen atoms in total. The number of carbonyl (C=O) groups is 3. The zero-order chi connectivity index (χ0) is 26.2. The average molecular weight is 500 g/mol. The van der Waals surface area contributed by atoms with Crippen molar-refractivity contribution in [2.45, 2.75) is 25.7 Å². The number of ether oxygens (including phenoxy) is 1. The van der Waals surface area contributed by atoms with Crippen LogP contribution in [0.1, 0.15) is 41.6 Å². The van der Waals surface area contributed by atoms with Gasteiger partial charge in [-0.05, 0) is 56.6 Å². The van der Waals surface area contributed by atoms with Gasteiger partial charge in [-0.15, -0.1) is 0 Å². The summed E-state index contributed by atoms with van der Waals surface area (Å²) in [6, 6.07) is 6.63. The summed E-state index contributed by atoms with van der Waals surface area (Å²) in [4.78, 5) is 47.1. The zero-order valence-corrected chi connectivity index (χ0v) is 19.7. The van der Waals surface area contributed by atoms with E-state index < -0.39 is 17.9 Å². The van der Waals surface area contributed by atoms with E-state index in [1.54, 1.807) is 30.5 Å². The van der Waals surface area contributed by atoms with Gasteiger partial charge in [-0.25, -0.2) is 19.4 Å². The Kier molecular flexibility index (Phi) is 12.1. The van der Waals surface area contributed by atoms with Crippen molar-refractivity contribution < 1.29 is 34.2 Å². The number of rotatable bonds is 10. The average Bonchev–Trinajstić information content (AvgIpc) is 2.89. The van der Waals surface area contributed by atoms with Crippen molar-refractivity contribution in [1.82, 2.24) is 14.9 Å². The van der Waals surface area contributed by atoms with E-state index in [-0.39, 0.29) is 11.7 Å². The Morgan fingerprint density at radius 3 is 2.39 bits per heavy atom. The van der Waals surface area contributed by atoms with Crippen LogP contribution >= 0.6 is 0 Å². The first-order chi connectivity index (χ1) is 17.4. The van der Waals surface area contributed by atoms with Gasteiger partial charge in [0, 0.05) is 37.3 Å². The maximum absolute atomic E-state index is 12.2. The molecule has 0 unspecified atom stereocenters. The SMILES string of the molecule is NC(=NOCCCN1CCCCC1)c1cccnc1OC(=O)c1cccnc1.O=C(O)/C=C\C(=O)O. The van der Waals surface area contributed by atoms with Crippen molar-refractivity contribution in [3.63, 3.8) is 0 Å². The van der Waals surface area contributed by atoms with E-state index in [4.69, 9.17) is 25.5 Å². The number of oxime groups is 1. The molecule has 0 radical (unpaired) electrons. The van der Waals surface area contributed by atoms with Crippen molar-refractivity contribution in [3.05, 3.63) is 66.1 Å². The van der Waals surface area contributed by atoms with Crippen molar-refractivity contribution in [2.24, 2.45) is 10.9 Å². The van der Waals surface area contributed by atoms with Gasteiger partial charge in [0.05, 0.1) is 11.1 Å². The summed E-state index contributed by atoms with van der Waals surface area (Å²) in [5, 5.41) is 19.6. The number of aliphatic carboxylic acids is 2. The first-order valence-electron chi connectivity index (χ1n) is 11.3. The van der Waals surface area contributed by atoms with Crippen LogP contribution in [0.4, 0.5) is 0 Å². The smallest absolute Gasteiger partial charge is 0.346 e. The second-order valence-corrected chi connectivity index (χ2v) is 7.56. The predicted octanol–water partition coefficient (Wildman–Crippen LogP) is 1.92. The molecule has 0 atom stereocenters. The molecule has 0 spiro atoms. The molecule has 0 aliphatic carbocycles. The Bertz CT molecular complexity index is 1040. The summed E-state index contributed by atoms with van der Waals surface area (Å²) < 4.78 is 5.35. The summed E-state index contributed by atoms with van der Waals surface area (Å²) in [6.07, 6.45) is 10.4. The summed E-state index contributed by atoms with van der Waals surface area (Å²) in [6.45, 7) is 3.79. The third-order valence-electron chi connectivity index (χ3n) is 4.82. The number of nitrogens with zero attached hydrogens (tertiary/aromatic N) is 4. The molecule has 0 amide bonds. The maximum atomic E-state index is 12.2. The van der Waals surface area contributed by atoms with Crippen molar-refractivity contribution >= 4 is 23.7 Å². The third-order valence-corrected chi connectivity index (χ3v) is 4.82. The molecular formula is C24H29N5O7. The van der Waals surface area contributed by atoms with Gasteiger partial charge < -0.3 is 30.4 Å². The summed E-state index contributed by atoms with van der Waals surface area (Å²) in [5.74, 6) is -2.89.